The smallest absolute Gasteiger partial charge is 0.207 e. The van der Waals surface area contributed by atoms with Crippen LogP contribution in [0.3, 0.4) is 0 Å². The highest BCUT2D eigenvalue weighted by atomic mass is 32.1. The van der Waals surface area contributed by atoms with E-state index in [9.17, 15) is 4.79 Å². The number of nitrogens with one attached hydrogen (secondary N) is 1. The van der Waals surface area contributed by atoms with E-state index in [1.807, 2.05) is 63.2 Å². The van der Waals surface area contributed by atoms with E-state index in [1.54, 1.807) is 0 Å². The minimum atomic E-state index is -0.0804. The molecule has 5 heteroatoms. The van der Waals surface area contributed by atoms with Crippen molar-refractivity contribution in [2.24, 2.45) is 0 Å². The van der Waals surface area contributed by atoms with Gasteiger partial charge in [0.15, 0.2) is 5.13 Å². The predicted molar refractivity (Wildman–Crippen MR) is 100 cm³/mol. The lowest BCUT2D eigenvalue weighted by Gasteiger charge is -2.05. The zero-order chi connectivity index (χ0) is 17.3. The molecule has 0 bridgehead atoms. The second-order valence-corrected chi connectivity index (χ2v) is 6.87. The Labute approximate surface area is 145 Å². The SMILES string of the molecule is Cc1ccc(Nc2nc(N)c(C(=O)c3cc(C)ccc3C)s2)cc1. The first-order valence-corrected chi connectivity index (χ1v) is 8.47. The van der Waals surface area contributed by atoms with Crippen molar-refractivity contribution in [2.45, 2.75) is 20.8 Å². The zero-order valence-corrected chi connectivity index (χ0v) is 14.7. The maximum absolute atomic E-state index is 12.8. The van der Waals surface area contributed by atoms with Crippen LogP contribution in [-0.4, -0.2) is 10.8 Å². The van der Waals surface area contributed by atoms with Crippen LogP contribution in [0.5, 0.6) is 0 Å². The zero-order valence-electron chi connectivity index (χ0n) is 13.9. The van der Waals surface area contributed by atoms with Crippen LogP contribution in [0.2, 0.25) is 0 Å². The summed E-state index contributed by atoms with van der Waals surface area (Å²) in [5, 5.41) is 3.82. The van der Waals surface area contributed by atoms with Gasteiger partial charge in [0, 0.05) is 11.3 Å². The van der Waals surface area contributed by atoms with Crippen LogP contribution in [0.1, 0.15) is 31.9 Å². The van der Waals surface area contributed by atoms with Gasteiger partial charge in [-0.25, -0.2) is 4.98 Å². The third kappa shape index (κ3) is 3.31. The fourth-order valence-electron chi connectivity index (χ4n) is 2.41. The number of nitrogen functional groups attached to an aromatic ring is 1. The number of rotatable bonds is 4. The number of aryl methyl sites for hydroxylation is 3. The van der Waals surface area contributed by atoms with E-state index in [-0.39, 0.29) is 11.6 Å². The summed E-state index contributed by atoms with van der Waals surface area (Å²) in [5.41, 5.74) is 10.7. The van der Waals surface area contributed by atoms with Gasteiger partial charge in [0.1, 0.15) is 10.7 Å². The lowest BCUT2D eigenvalue weighted by molar-refractivity contribution is 0.104. The van der Waals surface area contributed by atoms with Gasteiger partial charge in [0.2, 0.25) is 5.78 Å². The Balaban J connectivity index is 1.89. The molecule has 24 heavy (non-hydrogen) atoms. The van der Waals surface area contributed by atoms with Crippen LogP contribution in [0.4, 0.5) is 16.6 Å². The number of carbonyl (C=O) groups excluding carboxylic acids is 1. The molecule has 0 aliphatic carbocycles. The van der Waals surface area contributed by atoms with Crippen LogP contribution < -0.4 is 11.1 Å². The summed E-state index contributed by atoms with van der Waals surface area (Å²) in [6, 6.07) is 13.8. The summed E-state index contributed by atoms with van der Waals surface area (Å²) >= 11 is 1.28. The molecule has 122 valence electrons. The number of ketones is 1. The summed E-state index contributed by atoms with van der Waals surface area (Å²) in [4.78, 5) is 17.6. The van der Waals surface area contributed by atoms with E-state index < -0.39 is 0 Å². The normalized spacial score (nSPS) is 10.6. The molecule has 0 saturated carbocycles. The number of thiazole rings is 1. The van der Waals surface area contributed by atoms with Crippen molar-refractivity contribution in [1.82, 2.24) is 4.98 Å². The Morgan fingerprint density at radius 3 is 2.42 bits per heavy atom. The summed E-state index contributed by atoms with van der Waals surface area (Å²) in [7, 11) is 0. The molecule has 0 saturated heterocycles. The van der Waals surface area contributed by atoms with E-state index in [1.165, 1.54) is 16.9 Å². The fourth-order valence-corrected chi connectivity index (χ4v) is 3.27. The fraction of sp³-hybridized carbons (Fsp3) is 0.158. The molecule has 0 radical (unpaired) electrons. The van der Waals surface area contributed by atoms with Gasteiger partial charge < -0.3 is 11.1 Å². The molecule has 1 aromatic heterocycles. The lowest BCUT2D eigenvalue weighted by Crippen LogP contribution is -2.05. The molecular weight excluding hydrogens is 318 g/mol. The summed E-state index contributed by atoms with van der Waals surface area (Å²) in [5.74, 6) is 0.184. The van der Waals surface area contributed by atoms with Crippen molar-refractivity contribution in [3.8, 4) is 0 Å². The van der Waals surface area contributed by atoms with Gasteiger partial charge in [0.25, 0.3) is 0 Å². The Morgan fingerprint density at radius 1 is 1.04 bits per heavy atom. The molecule has 3 aromatic rings. The van der Waals surface area contributed by atoms with Crippen molar-refractivity contribution >= 4 is 33.8 Å². The topological polar surface area (TPSA) is 68.0 Å². The molecule has 0 spiro atoms. The summed E-state index contributed by atoms with van der Waals surface area (Å²) in [6.07, 6.45) is 0. The second-order valence-electron chi connectivity index (χ2n) is 5.87. The number of nitrogens with two attached hydrogens (primary N) is 1. The van der Waals surface area contributed by atoms with E-state index in [0.29, 0.717) is 15.6 Å². The maximum atomic E-state index is 12.8. The van der Waals surface area contributed by atoms with Gasteiger partial charge in [-0.15, -0.1) is 0 Å². The van der Waals surface area contributed by atoms with E-state index in [4.69, 9.17) is 5.73 Å². The van der Waals surface area contributed by atoms with Crippen molar-refractivity contribution in [2.75, 3.05) is 11.1 Å². The number of carbonyl (C=O) groups is 1. The average Bonchev–Trinajstić information content (AvgIpc) is 2.92. The molecule has 0 atom stereocenters. The van der Waals surface area contributed by atoms with Crippen LogP contribution in [0.15, 0.2) is 42.5 Å². The first kappa shape index (κ1) is 16.2. The average molecular weight is 337 g/mol. The van der Waals surface area contributed by atoms with Gasteiger partial charge in [-0.1, -0.05) is 46.7 Å². The third-order valence-electron chi connectivity index (χ3n) is 3.80. The highest BCUT2D eigenvalue weighted by Gasteiger charge is 2.19. The number of hydrogen-bond acceptors (Lipinski definition) is 5. The van der Waals surface area contributed by atoms with Gasteiger partial charge in [-0.05, 0) is 44.5 Å². The molecule has 1 heterocycles. The molecule has 3 N–H and O–H groups in total. The molecule has 0 aliphatic heterocycles. The molecule has 2 aromatic carbocycles. The first-order chi connectivity index (χ1) is 11.4. The maximum Gasteiger partial charge on any atom is 0.207 e. The minimum Gasteiger partial charge on any atom is -0.382 e. The van der Waals surface area contributed by atoms with Crippen LogP contribution in [0.25, 0.3) is 0 Å². The number of benzene rings is 2. The Bertz CT molecular complexity index is 897. The highest BCUT2D eigenvalue weighted by Crippen LogP contribution is 2.30. The monoisotopic (exact) mass is 337 g/mol. The van der Waals surface area contributed by atoms with Crippen molar-refractivity contribution in [3.05, 3.63) is 69.6 Å². The number of aromatic nitrogens is 1. The van der Waals surface area contributed by atoms with E-state index >= 15 is 0 Å². The molecular formula is C19H19N3OS. The minimum absolute atomic E-state index is 0.0804. The number of nitrogens with zero attached hydrogens (tertiary/aromatic N) is 1. The molecule has 3 rings (SSSR count). The molecule has 0 unspecified atom stereocenters. The molecule has 0 fully saturated rings. The summed E-state index contributed by atoms with van der Waals surface area (Å²) < 4.78 is 0. The molecule has 4 nitrogen and oxygen atoms in total. The van der Waals surface area contributed by atoms with Gasteiger partial charge >= 0.3 is 0 Å². The predicted octanol–water partition coefficient (Wildman–Crippen LogP) is 4.63. The van der Waals surface area contributed by atoms with Gasteiger partial charge in [-0.2, -0.15) is 0 Å². The largest absolute Gasteiger partial charge is 0.382 e. The van der Waals surface area contributed by atoms with Crippen LogP contribution in [0, 0.1) is 20.8 Å². The Morgan fingerprint density at radius 2 is 1.71 bits per heavy atom. The van der Waals surface area contributed by atoms with E-state index in [0.717, 1.165) is 16.8 Å². The molecule has 0 aliphatic rings. The molecule has 0 amide bonds. The van der Waals surface area contributed by atoms with Crippen LogP contribution in [-0.2, 0) is 0 Å². The van der Waals surface area contributed by atoms with Gasteiger partial charge in [0.05, 0.1) is 0 Å². The van der Waals surface area contributed by atoms with Gasteiger partial charge in [-0.3, -0.25) is 4.79 Å². The van der Waals surface area contributed by atoms with E-state index in [2.05, 4.69) is 10.3 Å². The number of hydrogen-bond donors (Lipinski definition) is 2. The quantitative estimate of drug-likeness (QED) is 0.681. The third-order valence-corrected chi connectivity index (χ3v) is 4.79. The standard InChI is InChI=1S/C19H19N3OS/c1-11-5-8-14(9-6-11)21-19-22-18(20)17(24-19)16(23)15-10-12(2)4-7-13(15)3/h4-10H,20H2,1-3H3,(H,21,22). The second kappa shape index (κ2) is 6.45. The lowest BCUT2D eigenvalue weighted by atomic mass is 10.0. The van der Waals surface area contributed by atoms with Crippen molar-refractivity contribution in [3.63, 3.8) is 0 Å². The highest BCUT2D eigenvalue weighted by molar-refractivity contribution is 7.18. The van der Waals surface area contributed by atoms with Crippen molar-refractivity contribution in [1.29, 1.82) is 0 Å². The Hall–Kier alpha value is -2.66. The van der Waals surface area contributed by atoms with Crippen LogP contribution >= 0.6 is 11.3 Å². The Kier molecular flexibility index (Phi) is 4.36. The summed E-state index contributed by atoms with van der Waals surface area (Å²) in [6.45, 7) is 5.93. The van der Waals surface area contributed by atoms with Crippen molar-refractivity contribution < 1.29 is 4.79 Å². The number of anilines is 3. The first-order valence-electron chi connectivity index (χ1n) is 7.66.